The standard InChI is InChI=1S/C19H19NO3/c1-2-16(14-9-5-3-6-10-14)18(21)20-17(13-23-19(20)22)15-11-7-4-8-12-15/h3-12,16-17H,2,13H2,1H3/t16-,17-/m0/s1. The van der Waals surface area contributed by atoms with Gasteiger partial charge in [-0.25, -0.2) is 9.69 Å². The van der Waals surface area contributed by atoms with Crippen molar-refractivity contribution in [2.45, 2.75) is 25.3 Å². The first-order valence-electron chi connectivity index (χ1n) is 7.82. The van der Waals surface area contributed by atoms with Crippen molar-refractivity contribution in [1.82, 2.24) is 4.90 Å². The number of carbonyl (C=O) groups is 2. The minimum Gasteiger partial charge on any atom is -0.446 e. The van der Waals surface area contributed by atoms with E-state index in [4.69, 9.17) is 4.74 Å². The van der Waals surface area contributed by atoms with Crippen LogP contribution in [0.5, 0.6) is 0 Å². The van der Waals surface area contributed by atoms with E-state index in [0.717, 1.165) is 11.1 Å². The van der Waals surface area contributed by atoms with Gasteiger partial charge in [-0.2, -0.15) is 0 Å². The van der Waals surface area contributed by atoms with Gasteiger partial charge in [0.2, 0.25) is 5.91 Å². The maximum absolute atomic E-state index is 13.0. The molecule has 1 saturated heterocycles. The molecule has 0 N–H and O–H groups in total. The first kappa shape index (κ1) is 15.3. The fourth-order valence-electron chi connectivity index (χ4n) is 2.99. The van der Waals surface area contributed by atoms with Crippen molar-refractivity contribution in [1.29, 1.82) is 0 Å². The molecule has 0 radical (unpaired) electrons. The van der Waals surface area contributed by atoms with Crippen LogP contribution in [0.3, 0.4) is 0 Å². The molecule has 23 heavy (non-hydrogen) atoms. The van der Waals surface area contributed by atoms with Crippen LogP contribution in [0.15, 0.2) is 60.7 Å². The zero-order chi connectivity index (χ0) is 16.2. The minimum absolute atomic E-state index is 0.199. The smallest absolute Gasteiger partial charge is 0.417 e. The van der Waals surface area contributed by atoms with Gasteiger partial charge >= 0.3 is 6.09 Å². The SMILES string of the molecule is CC[C@H](C(=O)N1C(=O)OC[C@H]1c1ccccc1)c1ccccc1. The molecular formula is C19H19NO3. The monoisotopic (exact) mass is 309 g/mol. The predicted octanol–water partition coefficient (Wildman–Crippen LogP) is 3.90. The van der Waals surface area contributed by atoms with Gasteiger partial charge in [0.1, 0.15) is 12.6 Å². The van der Waals surface area contributed by atoms with E-state index in [1.807, 2.05) is 67.6 Å². The molecule has 1 aliphatic rings. The van der Waals surface area contributed by atoms with Gasteiger partial charge < -0.3 is 4.74 Å². The van der Waals surface area contributed by atoms with Crippen molar-refractivity contribution in [2.24, 2.45) is 0 Å². The van der Waals surface area contributed by atoms with E-state index >= 15 is 0 Å². The van der Waals surface area contributed by atoms with Crippen LogP contribution < -0.4 is 0 Å². The molecule has 4 heteroatoms. The highest BCUT2D eigenvalue weighted by molar-refractivity contribution is 5.97. The molecule has 1 aliphatic heterocycles. The zero-order valence-electron chi connectivity index (χ0n) is 13.0. The lowest BCUT2D eigenvalue weighted by Crippen LogP contribution is -2.37. The summed E-state index contributed by atoms with van der Waals surface area (Å²) in [5.41, 5.74) is 1.83. The molecule has 2 aromatic rings. The summed E-state index contributed by atoms with van der Waals surface area (Å²) in [6.45, 7) is 2.16. The number of hydrogen-bond donors (Lipinski definition) is 0. The Hall–Kier alpha value is -2.62. The Morgan fingerprint density at radius 2 is 1.74 bits per heavy atom. The highest BCUT2D eigenvalue weighted by Crippen LogP contribution is 2.32. The first-order valence-corrected chi connectivity index (χ1v) is 7.82. The fourth-order valence-corrected chi connectivity index (χ4v) is 2.99. The molecule has 0 saturated carbocycles. The number of cyclic esters (lactones) is 1. The average molecular weight is 309 g/mol. The second-order valence-corrected chi connectivity index (χ2v) is 5.58. The summed E-state index contributed by atoms with van der Waals surface area (Å²) in [7, 11) is 0. The molecule has 2 atom stereocenters. The average Bonchev–Trinajstić information content (AvgIpc) is 2.99. The highest BCUT2D eigenvalue weighted by atomic mass is 16.6. The molecule has 2 aromatic carbocycles. The number of imide groups is 1. The Morgan fingerprint density at radius 1 is 1.13 bits per heavy atom. The van der Waals surface area contributed by atoms with E-state index < -0.39 is 6.09 Å². The molecule has 4 nitrogen and oxygen atoms in total. The minimum atomic E-state index is -0.557. The van der Waals surface area contributed by atoms with Crippen LogP contribution >= 0.6 is 0 Å². The van der Waals surface area contributed by atoms with Crippen molar-refractivity contribution < 1.29 is 14.3 Å². The summed E-state index contributed by atoms with van der Waals surface area (Å²) < 4.78 is 5.15. The lowest BCUT2D eigenvalue weighted by Gasteiger charge is -2.24. The molecule has 0 bridgehead atoms. The number of benzene rings is 2. The van der Waals surface area contributed by atoms with E-state index in [-0.39, 0.29) is 24.5 Å². The molecule has 3 rings (SSSR count). The van der Waals surface area contributed by atoms with Gasteiger partial charge in [0.05, 0.1) is 5.92 Å². The van der Waals surface area contributed by atoms with E-state index in [1.54, 1.807) is 0 Å². The number of nitrogens with zero attached hydrogens (tertiary/aromatic N) is 1. The summed E-state index contributed by atoms with van der Waals surface area (Å²) in [5.74, 6) is -0.539. The normalized spacial score (nSPS) is 18.6. The summed E-state index contributed by atoms with van der Waals surface area (Å²) in [5, 5.41) is 0. The van der Waals surface area contributed by atoms with Crippen molar-refractivity contribution in [3.05, 3.63) is 71.8 Å². The Balaban J connectivity index is 1.91. The van der Waals surface area contributed by atoms with E-state index in [9.17, 15) is 9.59 Å². The van der Waals surface area contributed by atoms with Crippen LogP contribution in [0.25, 0.3) is 0 Å². The Kier molecular flexibility index (Phi) is 4.42. The van der Waals surface area contributed by atoms with Crippen LogP contribution in [-0.2, 0) is 9.53 Å². The second-order valence-electron chi connectivity index (χ2n) is 5.58. The number of rotatable bonds is 4. The molecule has 0 spiro atoms. The highest BCUT2D eigenvalue weighted by Gasteiger charge is 2.41. The quantitative estimate of drug-likeness (QED) is 0.860. The van der Waals surface area contributed by atoms with Gasteiger partial charge in [0, 0.05) is 0 Å². The number of ether oxygens (including phenoxy) is 1. The Labute approximate surface area is 135 Å². The Morgan fingerprint density at radius 3 is 2.35 bits per heavy atom. The predicted molar refractivity (Wildman–Crippen MR) is 86.9 cm³/mol. The van der Waals surface area contributed by atoms with E-state index in [1.165, 1.54) is 4.90 Å². The van der Waals surface area contributed by atoms with Gasteiger partial charge in [-0.1, -0.05) is 67.6 Å². The maximum atomic E-state index is 13.0. The summed E-state index contributed by atoms with van der Waals surface area (Å²) in [4.78, 5) is 26.4. The molecule has 0 aromatic heterocycles. The van der Waals surface area contributed by atoms with Gasteiger partial charge in [-0.3, -0.25) is 4.79 Å². The van der Waals surface area contributed by atoms with E-state index in [2.05, 4.69) is 0 Å². The van der Waals surface area contributed by atoms with Crippen LogP contribution in [0, 0.1) is 0 Å². The molecule has 1 fully saturated rings. The van der Waals surface area contributed by atoms with Crippen molar-refractivity contribution in [3.63, 3.8) is 0 Å². The van der Waals surface area contributed by atoms with Gasteiger partial charge in [0.15, 0.2) is 0 Å². The molecule has 0 unspecified atom stereocenters. The molecule has 1 heterocycles. The van der Waals surface area contributed by atoms with Crippen molar-refractivity contribution >= 4 is 12.0 Å². The summed E-state index contributed by atoms with van der Waals surface area (Å²) in [6, 6.07) is 18.7. The van der Waals surface area contributed by atoms with Gasteiger partial charge in [0.25, 0.3) is 0 Å². The molecule has 118 valence electrons. The van der Waals surface area contributed by atoms with Crippen LogP contribution in [0.4, 0.5) is 4.79 Å². The van der Waals surface area contributed by atoms with Crippen LogP contribution in [0.1, 0.15) is 36.4 Å². The number of amides is 2. The largest absolute Gasteiger partial charge is 0.446 e. The maximum Gasteiger partial charge on any atom is 0.417 e. The topological polar surface area (TPSA) is 46.6 Å². The fraction of sp³-hybridized carbons (Fsp3) is 0.263. The lowest BCUT2D eigenvalue weighted by molar-refractivity contribution is -0.131. The Bertz CT molecular complexity index is 684. The third kappa shape index (κ3) is 2.97. The molecular weight excluding hydrogens is 290 g/mol. The van der Waals surface area contributed by atoms with Crippen molar-refractivity contribution in [3.8, 4) is 0 Å². The molecule has 0 aliphatic carbocycles. The zero-order valence-corrected chi connectivity index (χ0v) is 13.0. The third-order valence-electron chi connectivity index (χ3n) is 4.20. The summed E-state index contributed by atoms with van der Waals surface area (Å²) >= 11 is 0. The van der Waals surface area contributed by atoms with Crippen molar-refractivity contribution in [2.75, 3.05) is 6.61 Å². The van der Waals surface area contributed by atoms with Crippen LogP contribution in [-0.4, -0.2) is 23.5 Å². The summed E-state index contributed by atoms with van der Waals surface area (Å²) in [6.07, 6.45) is 0.0759. The van der Waals surface area contributed by atoms with Gasteiger partial charge in [-0.05, 0) is 17.5 Å². The third-order valence-corrected chi connectivity index (χ3v) is 4.20. The second kappa shape index (κ2) is 6.65. The number of carbonyl (C=O) groups excluding carboxylic acids is 2. The lowest BCUT2D eigenvalue weighted by atomic mass is 9.94. The van der Waals surface area contributed by atoms with E-state index in [0.29, 0.717) is 6.42 Å². The number of hydrogen-bond acceptors (Lipinski definition) is 3. The van der Waals surface area contributed by atoms with Crippen LogP contribution in [0.2, 0.25) is 0 Å². The molecule has 2 amide bonds. The van der Waals surface area contributed by atoms with Gasteiger partial charge in [-0.15, -0.1) is 0 Å². The first-order chi connectivity index (χ1) is 11.2.